The normalized spacial score (nSPS) is 15.7. The molecule has 1 saturated carbocycles. The number of sulfonamides is 1. The van der Waals surface area contributed by atoms with Crippen LogP contribution in [0.1, 0.15) is 42.4 Å². The Morgan fingerprint density at radius 2 is 1.62 bits per heavy atom. The highest BCUT2D eigenvalue weighted by Gasteiger charge is 2.34. The Morgan fingerprint density at radius 3 is 2.19 bits per heavy atom. The highest BCUT2D eigenvalue weighted by atomic mass is 35.5. The summed E-state index contributed by atoms with van der Waals surface area (Å²) in [6.07, 6.45) is 3.82. The van der Waals surface area contributed by atoms with E-state index in [1.165, 1.54) is 0 Å². The van der Waals surface area contributed by atoms with Crippen LogP contribution < -0.4 is 0 Å². The minimum Gasteiger partial charge on any atom is -0.207 e. The summed E-state index contributed by atoms with van der Waals surface area (Å²) in [6.45, 7) is 4.10. The number of aryl methyl sites for hydroxylation is 2. The number of hydrogen-bond acceptors (Lipinski definition) is 2. The molecule has 0 N–H and O–H groups in total. The fourth-order valence-corrected chi connectivity index (χ4v) is 5.71. The summed E-state index contributed by atoms with van der Waals surface area (Å²) in [7, 11) is -3.64. The molecule has 0 bridgehead atoms. The molecule has 0 radical (unpaired) electrons. The second-order valence-electron chi connectivity index (χ2n) is 6.93. The van der Waals surface area contributed by atoms with Gasteiger partial charge in [-0.25, -0.2) is 8.42 Å². The molecule has 0 saturated heterocycles. The van der Waals surface area contributed by atoms with Gasteiger partial charge in [0.15, 0.2) is 0 Å². The van der Waals surface area contributed by atoms with Crippen LogP contribution in [0.25, 0.3) is 0 Å². The molecule has 0 aromatic heterocycles. The minimum absolute atomic E-state index is 0.0195. The van der Waals surface area contributed by atoms with Crippen LogP contribution in [0.5, 0.6) is 0 Å². The molecule has 3 nitrogen and oxygen atoms in total. The summed E-state index contributed by atoms with van der Waals surface area (Å²) < 4.78 is 28.5. The summed E-state index contributed by atoms with van der Waals surface area (Å²) in [6, 6.07) is 10.5. The molecule has 0 aliphatic heterocycles. The van der Waals surface area contributed by atoms with Crippen LogP contribution >= 0.6 is 23.2 Å². The largest absolute Gasteiger partial charge is 0.243 e. The Balaban J connectivity index is 2.04. The molecule has 0 amide bonds. The van der Waals surface area contributed by atoms with Crippen LogP contribution in [0.3, 0.4) is 0 Å². The third-order valence-electron chi connectivity index (χ3n) is 5.19. The van der Waals surface area contributed by atoms with E-state index < -0.39 is 10.0 Å². The van der Waals surface area contributed by atoms with Crippen molar-refractivity contribution in [2.75, 3.05) is 0 Å². The zero-order valence-electron chi connectivity index (χ0n) is 15.0. The highest BCUT2D eigenvalue weighted by Crippen LogP contribution is 2.34. The Morgan fingerprint density at radius 1 is 1.00 bits per heavy atom. The summed E-state index contributed by atoms with van der Waals surface area (Å²) in [4.78, 5) is 0.329. The zero-order valence-corrected chi connectivity index (χ0v) is 17.3. The van der Waals surface area contributed by atoms with E-state index in [0.717, 1.165) is 36.8 Å². The molecule has 0 unspecified atom stereocenters. The number of nitrogens with zero attached hydrogens (tertiary/aromatic N) is 1. The van der Waals surface area contributed by atoms with Gasteiger partial charge in [-0.05, 0) is 62.1 Å². The van der Waals surface area contributed by atoms with Gasteiger partial charge in [0.1, 0.15) is 0 Å². The first kappa shape index (κ1) is 19.7. The lowest BCUT2D eigenvalue weighted by molar-refractivity contribution is 0.316. The number of rotatable bonds is 5. The van der Waals surface area contributed by atoms with Crippen molar-refractivity contribution in [2.24, 2.45) is 0 Å². The van der Waals surface area contributed by atoms with Crippen LogP contribution in [0.15, 0.2) is 41.3 Å². The predicted octanol–water partition coefficient (Wildman–Crippen LogP) is 5.74. The third kappa shape index (κ3) is 3.94. The van der Waals surface area contributed by atoms with Gasteiger partial charge < -0.3 is 0 Å². The molecule has 0 atom stereocenters. The predicted molar refractivity (Wildman–Crippen MR) is 107 cm³/mol. The van der Waals surface area contributed by atoms with Gasteiger partial charge in [0, 0.05) is 28.2 Å². The van der Waals surface area contributed by atoms with E-state index in [-0.39, 0.29) is 12.6 Å². The average Bonchev–Trinajstić information content (AvgIpc) is 3.10. The lowest BCUT2D eigenvalue weighted by Gasteiger charge is -2.29. The molecule has 2 aromatic rings. The summed E-state index contributed by atoms with van der Waals surface area (Å²) in [5, 5.41) is 0.992. The topological polar surface area (TPSA) is 37.4 Å². The monoisotopic (exact) mass is 411 g/mol. The number of hydrogen-bond donors (Lipinski definition) is 0. The van der Waals surface area contributed by atoms with Crippen molar-refractivity contribution in [3.63, 3.8) is 0 Å². The Bertz CT molecular complexity index is 886. The van der Waals surface area contributed by atoms with E-state index in [1.54, 1.807) is 34.6 Å². The van der Waals surface area contributed by atoms with Crippen LogP contribution in [0, 0.1) is 13.8 Å². The number of halogens is 2. The third-order valence-corrected chi connectivity index (χ3v) is 7.80. The molecule has 26 heavy (non-hydrogen) atoms. The zero-order chi connectivity index (χ0) is 18.9. The lowest BCUT2D eigenvalue weighted by atomic mass is 10.1. The van der Waals surface area contributed by atoms with Gasteiger partial charge in [-0.3, -0.25) is 0 Å². The van der Waals surface area contributed by atoms with Crippen LogP contribution in [0.2, 0.25) is 10.0 Å². The second-order valence-corrected chi connectivity index (χ2v) is 9.64. The molecule has 140 valence electrons. The average molecular weight is 412 g/mol. The molecule has 0 spiro atoms. The van der Waals surface area contributed by atoms with Gasteiger partial charge in [-0.2, -0.15) is 4.31 Å². The van der Waals surface area contributed by atoms with Gasteiger partial charge in [0.05, 0.1) is 4.90 Å². The van der Waals surface area contributed by atoms with Crippen molar-refractivity contribution in [1.82, 2.24) is 4.31 Å². The summed E-state index contributed by atoms with van der Waals surface area (Å²) >= 11 is 12.6. The van der Waals surface area contributed by atoms with Crippen molar-refractivity contribution >= 4 is 33.2 Å². The van der Waals surface area contributed by atoms with Crippen LogP contribution in [0.4, 0.5) is 0 Å². The maximum atomic E-state index is 13.4. The van der Waals surface area contributed by atoms with Crippen LogP contribution in [-0.4, -0.2) is 18.8 Å². The molecular formula is C20H23Cl2NO2S. The van der Waals surface area contributed by atoms with E-state index in [1.807, 2.05) is 19.9 Å². The fourth-order valence-electron chi connectivity index (χ4n) is 3.45. The molecule has 1 aliphatic rings. The SMILES string of the molecule is Cc1ccc(S(=O)(=O)N(Cc2c(Cl)cccc2Cl)C2CCCC2)cc1C. The maximum absolute atomic E-state index is 13.4. The van der Waals surface area contributed by atoms with Gasteiger partial charge in [0.25, 0.3) is 0 Å². The van der Waals surface area contributed by atoms with E-state index >= 15 is 0 Å². The standard InChI is InChI=1S/C20H23Cl2NO2S/c1-14-10-11-17(12-15(14)2)26(24,25)23(16-6-3-4-7-16)13-18-19(21)8-5-9-20(18)22/h5,8-12,16H,3-4,6-7,13H2,1-2H3. The molecule has 3 rings (SSSR count). The van der Waals surface area contributed by atoms with Crippen molar-refractivity contribution < 1.29 is 8.42 Å². The molecule has 0 heterocycles. The number of benzene rings is 2. The van der Waals surface area contributed by atoms with Crippen molar-refractivity contribution in [2.45, 2.75) is 57.0 Å². The smallest absolute Gasteiger partial charge is 0.207 e. The van der Waals surface area contributed by atoms with Gasteiger partial charge >= 0.3 is 0 Å². The maximum Gasteiger partial charge on any atom is 0.243 e. The van der Waals surface area contributed by atoms with E-state index in [9.17, 15) is 8.42 Å². The quantitative estimate of drug-likeness (QED) is 0.628. The van der Waals surface area contributed by atoms with Crippen molar-refractivity contribution in [3.8, 4) is 0 Å². The van der Waals surface area contributed by atoms with Gasteiger partial charge in [-0.15, -0.1) is 0 Å². The Kier molecular flexibility index (Phi) is 5.97. The van der Waals surface area contributed by atoms with Crippen molar-refractivity contribution in [3.05, 3.63) is 63.1 Å². The summed E-state index contributed by atoms with van der Waals surface area (Å²) in [5.74, 6) is 0. The first-order valence-corrected chi connectivity index (χ1v) is 11.0. The van der Waals surface area contributed by atoms with Crippen molar-refractivity contribution in [1.29, 1.82) is 0 Å². The summed E-state index contributed by atoms with van der Waals surface area (Å²) in [5.41, 5.74) is 2.70. The Labute approximate surface area is 166 Å². The van der Waals surface area contributed by atoms with E-state index in [0.29, 0.717) is 20.5 Å². The first-order chi connectivity index (χ1) is 12.3. The van der Waals surface area contributed by atoms with Gasteiger partial charge in [-0.1, -0.05) is 48.2 Å². The fraction of sp³-hybridized carbons (Fsp3) is 0.400. The molecule has 6 heteroatoms. The van der Waals surface area contributed by atoms with Gasteiger partial charge in [0.2, 0.25) is 10.0 Å². The second kappa shape index (κ2) is 7.89. The minimum atomic E-state index is -3.64. The lowest BCUT2D eigenvalue weighted by Crippen LogP contribution is -2.38. The molecule has 1 aliphatic carbocycles. The first-order valence-electron chi connectivity index (χ1n) is 8.82. The Hall–Kier alpha value is -1.07. The van der Waals surface area contributed by atoms with E-state index in [4.69, 9.17) is 23.2 Å². The van der Waals surface area contributed by atoms with Crippen LogP contribution in [-0.2, 0) is 16.6 Å². The molecule has 2 aromatic carbocycles. The van der Waals surface area contributed by atoms with E-state index in [2.05, 4.69) is 0 Å². The molecule has 1 fully saturated rings. The highest BCUT2D eigenvalue weighted by molar-refractivity contribution is 7.89. The molecular weight excluding hydrogens is 389 g/mol.